The van der Waals surface area contributed by atoms with Crippen molar-refractivity contribution in [3.63, 3.8) is 0 Å². The minimum absolute atomic E-state index is 1.08. The highest BCUT2D eigenvalue weighted by molar-refractivity contribution is 6.10. The maximum Gasteiger partial charge on any atom is 0.0561 e. The van der Waals surface area contributed by atoms with Crippen molar-refractivity contribution < 1.29 is 0 Å². The van der Waals surface area contributed by atoms with E-state index < -0.39 is 0 Å². The Kier molecular flexibility index (Phi) is 9.89. The van der Waals surface area contributed by atoms with Crippen LogP contribution in [0.3, 0.4) is 0 Å². The molecule has 3 heteroatoms. The van der Waals surface area contributed by atoms with Crippen LogP contribution in [0.15, 0.2) is 261 Å². The molecule has 11 aromatic rings. The first kappa shape index (κ1) is 37.6. The van der Waals surface area contributed by atoms with Crippen LogP contribution in [0, 0.1) is 0 Å². The second kappa shape index (κ2) is 16.6. The first-order valence-corrected chi connectivity index (χ1v) is 21.5. The normalized spacial score (nSPS) is 11.2. The summed E-state index contributed by atoms with van der Waals surface area (Å²) < 4.78 is 2.40. The molecule has 0 aliphatic carbocycles. The molecule has 298 valence electrons. The molecule has 0 N–H and O–H groups in total. The zero-order valence-electron chi connectivity index (χ0n) is 34.7. The fraction of sp³-hybridized carbons (Fsp3) is 0. The molecule has 0 amide bonds. The molecular formula is C60H43N3. The summed E-state index contributed by atoms with van der Waals surface area (Å²) in [6.07, 6.45) is 0. The van der Waals surface area contributed by atoms with Gasteiger partial charge in [-0.25, -0.2) is 0 Å². The van der Waals surface area contributed by atoms with Crippen LogP contribution in [-0.2, 0) is 0 Å². The molecule has 0 radical (unpaired) electrons. The van der Waals surface area contributed by atoms with Gasteiger partial charge in [-0.15, -0.1) is 0 Å². The first-order chi connectivity index (χ1) is 31.2. The van der Waals surface area contributed by atoms with E-state index in [-0.39, 0.29) is 0 Å². The van der Waals surface area contributed by atoms with E-state index in [0.29, 0.717) is 0 Å². The number of hydrogen-bond acceptors (Lipinski definition) is 2. The second-order valence-corrected chi connectivity index (χ2v) is 15.8. The summed E-state index contributed by atoms with van der Waals surface area (Å²) in [5.41, 5.74) is 17.1. The fourth-order valence-electron chi connectivity index (χ4n) is 8.94. The Balaban J connectivity index is 0.997. The van der Waals surface area contributed by atoms with E-state index >= 15 is 0 Å². The van der Waals surface area contributed by atoms with Crippen LogP contribution < -0.4 is 9.80 Å². The van der Waals surface area contributed by atoms with Crippen LogP contribution in [0.25, 0.3) is 60.9 Å². The van der Waals surface area contributed by atoms with E-state index in [9.17, 15) is 0 Å². The lowest BCUT2D eigenvalue weighted by atomic mass is 10.0. The molecule has 0 fully saturated rings. The lowest BCUT2D eigenvalue weighted by Crippen LogP contribution is -2.10. The Morgan fingerprint density at radius 3 is 1.14 bits per heavy atom. The zero-order valence-corrected chi connectivity index (χ0v) is 34.7. The topological polar surface area (TPSA) is 11.4 Å². The standard InChI is InChI=1S/C60H43N3/c1-5-17-44(18-6-1)46-31-35-52(36-32-46)61(50-23-9-3-10-24-50)54-27-15-21-48(41-54)49-22-16-28-55(42-49)62(51-25-11-4-12-26-51)56-39-40-58-57-29-13-14-30-59(57)63(60(58)43-56)53-37-33-47(34-38-53)45-19-7-2-8-20-45/h1-43H. The van der Waals surface area contributed by atoms with Crippen molar-refractivity contribution in [3.05, 3.63) is 261 Å². The van der Waals surface area contributed by atoms with Gasteiger partial charge in [0, 0.05) is 50.6 Å². The molecule has 3 nitrogen and oxygen atoms in total. The zero-order chi connectivity index (χ0) is 42.0. The van der Waals surface area contributed by atoms with Gasteiger partial charge in [0.05, 0.1) is 11.0 Å². The van der Waals surface area contributed by atoms with Gasteiger partial charge in [0.1, 0.15) is 0 Å². The van der Waals surface area contributed by atoms with Crippen LogP contribution in [0.2, 0.25) is 0 Å². The van der Waals surface area contributed by atoms with E-state index in [1.54, 1.807) is 0 Å². The van der Waals surface area contributed by atoms with Crippen molar-refractivity contribution in [1.29, 1.82) is 0 Å². The average molecular weight is 806 g/mol. The molecule has 1 aromatic heterocycles. The highest BCUT2D eigenvalue weighted by atomic mass is 15.1. The van der Waals surface area contributed by atoms with Crippen LogP contribution >= 0.6 is 0 Å². The minimum Gasteiger partial charge on any atom is -0.310 e. The molecule has 63 heavy (non-hydrogen) atoms. The third kappa shape index (κ3) is 7.32. The lowest BCUT2D eigenvalue weighted by molar-refractivity contribution is 1.18. The second-order valence-electron chi connectivity index (χ2n) is 15.8. The Hall–Kier alpha value is -8.40. The maximum absolute atomic E-state index is 2.40. The Morgan fingerprint density at radius 1 is 0.222 bits per heavy atom. The van der Waals surface area contributed by atoms with Gasteiger partial charge < -0.3 is 14.4 Å². The number of benzene rings is 10. The molecule has 0 atom stereocenters. The number of rotatable bonds is 10. The van der Waals surface area contributed by atoms with Crippen molar-refractivity contribution in [1.82, 2.24) is 4.57 Å². The van der Waals surface area contributed by atoms with E-state index in [1.807, 2.05) is 0 Å². The average Bonchev–Trinajstić information content (AvgIpc) is 3.69. The molecule has 0 saturated heterocycles. The quantitative estimate of drug-likeness (QED) is 0.136. The van der Waals surface area contributed by atoms with Crippen LogP contribution in [0.1, 0.15) is 0 Å². The van der Waals surface area contributed by atoms with E-state index in [1.165, 1.54) is 38.5 Å². The molecule has 10 aromatic carbocycles. The number of fused-ring (bicyclic) bond motifs is 3. The number of para-hydroxylation sites is 3. The predicted molar refractivity (Wildman–Crippen MR) is 266 cm³/mol. The van der Waals surface area contributed by atoms with Gasteiger partial charge in [0.25, 0.3) is 0 Å². The largest absolute Gasteiger partial charge is 0.310 e. The fourth-order valence-corrected chi connectivity index (χ4v) is 8.94. The number of nitrogens with zero attached hydrogens (tertiary/aromatic N) is 3. The number of aromatic nitrogens is 1. The summed E-state index contributed by atoms with van der Waals surface area (Å²) in [6, 6.07) is 93.7. The molecule has 11 rings (SSSR count). The SMILES string of the molecule is c1ccc(-c2ccc(N(c3ccccc3)c3cccc(-c4cccc(N(c5ccccc5)c5ccc6c7ccccc7n(-c7ccc(-c8ccccc8)cc7)c6c5)c4)c3)cc2)cc1. The highest BCUT2D eigenvalue weighted by Gasteiger charge is 2.19. The van der Waals surface area contributed by atoms with Gasteiger partial charge in [0.15, 0.2) is 0 Å². The predicted octanol–water partition coefficient (Wildman–Crippen LogP) is 16.7. The molecule has 0 aliphatic heterocycles. The third-order valence-electron chi connectivity index (χ3n) is 12.0. The van der Waals surface area contributed by atoms with Gasteiger partial charge in [-0.05, 0) is 124 Å². The van der Waals surface area contributed by atoms with Crippen molar-refractivity contribution in [2.24, 2.45) is 0 Å². The number of anilines is 6. The lowest BCUT2D eigenvalue weighted by Gasteiger charge is -2.27. The van der Waals surface area contributed by atoms with Crippen molar-refractivity contribution >= 4 is 55.9 Å². The molecule has 0 spiro atoms. The van der Waals surface area contributed by atoms with Gasteiger partial charge >= 0.3 is 0 Å². The van der Waals surface area contributed by atoms with Crippen molar-refractivity contribution in [3.8, 4) is 39.1 Å². The van der Waals surface area contributed by atoms with Gasteiger partial charge in [-0.1, -0.05) is 170 Å². The molecule has 1 heterocycles. The van der Waals surface area contributed by atoms with E-state index in [4.69, 9.17) is 0 Å². The smallest absolute Gasteiger partial charge is 0.0561 e. The van der Waals surface area contributed by atoms with Gasteiger partial charge in [0.2, 0.25) is 0 Å². The summed E-state index contributed by atoms with van der Waals surface area (Å²) >= 11 is 0. The third-order valence-corrected chi connectivity index (χ3v) is 12.0. The summed E-state index contributed by atoms with van der Waals surface area (Å²) in [7, 11) is 0. The summed E-state index contributed by atoms with van der Waals surface area (Å²) in [5.74, 6) is 0. The summed E-state index contributed by atoms with van der Waals surface area (Å²) in [5, 5.41) is 2.45. The minimum atomic E-state index is 1.08. The molecular weight excluding hydrogens is 763 g/mol. The molecule has 0 bridgehead atoms. The van der Waals surface area contributed by atoms with E-state index in [2.05, 4.69) is 275 Å². The summed E-state index contributed by atoms with van der Waals surface area (Å²) in [4.78, 5) is 4.71. The Bertz CT molecular complexity index is 3300. The summed E-state index contributed by atoms with van der Waals surface area (Å²) in [6.45, 7) is 0. The number of hydrogen-bond donors (Lipinski definition) is 0. The molecule has 0 unspecified atom stereocenters. The van der Waals surface area contributed by atoms with Crippen LogP contribution in [0.5, 0.6) is 0 Å². The van der Waals surface area contributed by atoms with Gasteiger partial charge in [-0.3, -0.25) is 0 Å². The van der Waals surface area contributed by atoms with Crippen molar-refractivity contribution in [2.45, 2.75) is 0 Å². The highest BCUT2D eigenvalue weighted by Crippen LogP contribution is 2.42. The van der Waals surface area contributed by atoms with Crippen LogP contribution in [-0.4, -0.2) is 4.57 Å². The molecule has 0 saturated carbocycles. The van der Waals surface area contributed by atoms with Gasteiger partial charge in [-0.2, -0.15) is 0 Å². The van der Waals surface area contributed by atoms with E-state index in [0.717, 1.165) is 56.5 Å². The monoisotopic (exact) mass is 805 g/mol. The first-order valence-electron chi connectivity index (χ1n) is 21.5. The maximum atomic E-state index is 2.40. The van der Waals surface area contributed by atoms with Crippen LogP contribution in [0.4, 0.5) is 34.1 Å². The van der Waals surface area contributed by atoms with Crippen molar-refractivity contribution in [2.75, 3.05) is 9.80 Å². The molecule has 0 aliphatic rings. The Labute approximate surface area is 368 Å². The Morgan fingerprint density at radius 2 is 0.587 bits per heavy atom.